The van der Waals surface area contributed by atoms with Gasteiger partial charge in [-0.15, -0.1) is 10.2 Å². The van der Waals surface area contributed by atoms with Crippen molar-refractivity contribution in [1.82, 2.24) is 10.2 Å². The molecule has 0 saturated carbocycles. The molecule has 11 heteroatoms. The zero-order chi connectivity index (χ0) is 19.0. The Morgan fingerprint density at radius 2 is 2.00 bits per heavy atom. The number of carbonyl (C=O) groups is 1. The van der Waals surface area contributed by atoms with Gasteiger partial charge in [-0.25, -0.2) is 8.42 Å². The molecule has 0 saturated heterocycles. The minimum Gasteiger partial charge on any atom is -0.369 e. The Bertz CT molecular complexity index is 907. The highest BCUT2D eigenvalue weighted by Crippen LogP contribution is 2.34. The van der Waals surface area contributed by atoms with Crippen LogP contribution in [0.2, 0.25) is 10.0 Å². The van der Waals surface area contributed by atoms with E-state index in [0.29, 0.717) is 22.0 Å². The van der Waals surface area contributed by atoms with Gasteiger partial charge < -0.3 is 5.73 Å². The first-order chi connectivity index (χ1) is 11.5. The highest BCUT2D eigenvalue weighted by molar-refractivity contribution is 7.93. The first kappa shape index (κ1) is 19.9. The fourth-order valence-electron chi connectivity index (χ4n) is 2.11. The molecule has 0 aliphatic carbocycles. The van der Waals surface area contributed by atoms with Crippen LogP contribution < -0.4 is 10.5 Å². The number of amides is 1. The number of benzene rings is 1. The summed E-state index contributed by atoms with van der Waals surface area (Å²) in [7, 11) is -4.00. The van der Waals surface area contributed by atoms with E-state index >= 15 is 0 Å². The summed E-state index contributed by atoms with van der Waals surface area (Å²) in [5.74, 6) is -0.558. The molecule has 3 N–H and O–H groups in total. The summed E-state index contributed by atoms with van der Waals surface area (Å²) in [5.41, 5.74) is 4.80. The lowest BCUT2D eigenvalue weighted by Crippen LogP contribution is -2.37. The molecular formula is C14H16Cl2N4O3S2. The molecule has 0 aliphatic heterocycles. The lowest BCUT2D eigenvalue weighted by Gasteiger charge is -2.20. The van der Waals surface area contributed by atoms with Gasteiger partial charge in [0.25, 0.3) is 10.0 Å². The maximum absolute atomic E-state index is 12.6. The number of aromatic nitrogens is 2. The number of nitrogens with one attached hydrogen (secondary N) is 1. The van der Waals surface area contributed by atoms with Crippen LogP contribution >= 0.6 is 34.5 Å². The Hall–Kier alpha value is -1.42. The van der Waals surface area contributed by atoms with E-state index < -0.39 is 21.3 Å². The average molecular weight is 423 g/mol. The number of nitrogens with zero attached hydrogens (tertiary/aromatic N) is 2. The minimum absolute atomic E-state index is 0.00206. The van der Waals surface area contributed by atoms with E-state index in [1.807, 2.05) is 0 Å². The molecule has 136 valence electrons. The molecule has 1 aromatic carbocycles. The van der Waals surface area contributed by atoms with Crippen molar-refractivity contribution < 1.29 is 13.2 Å². The fraction of sp³-hybridized carbons (Fsp3) is 0.357. The van der Waals surface area contributed by atoms with Gasteiger partial charge in [0.1, 0.15) is 9.90 Å². The molecule has 1 unspecified atom stereocenters. The monoisotopic (exact) mass is 422 g/mol. The van der Waals surface area contributed by atoms with Gasteiger partial charge in [-0.05, 0) is 38.0 Å². The number of anilines is 1. The molecule has 0 bridgehead atoms. The molecular weight excluding hydrogens is 407 g/mol. The van der Waals surface area contributed by atoms with Crippen molar-refractivity contribution in [3.63, 3.8) is 0 Å². The average Bonchev–Trinajstić information content (AvgIpc) is 2.92. The van der Waals surface area contributed by atoms with Crippen molar-refractivity contribution in [3.05, 3.63) is 32.7 Å². The molecule has 2 aromatic rings. The van der Waals surface area contributed by atoms with E-state index in [2.05, 4.69) is 14.9 Å². The lowest BCUT2D eigenvalue weighted by atomic mass is 9.88. The molecule has 0 radical (unpaired) electrons. The van der Waals surface area contributed by atoms with E-state index in [1.54, 1.807) is 20.8 Å². The van der Waals surface area contributed by atoms with Crippen molar-refractivity contribution >= 4 is 55.6 Å². The Balaban J connectivity index is 2.40. The van der Waals surface area contributed by atoms with Crippen LogP contribution in [0.3, 0.4) is 0 Å². The van der Waals surface area contributed by atoms with E-state index in [1.165, 1.54) is 12.1 Å². The molecule has 1 atom stereocenters. The summed E-state index contributed by atoms with van der Waals surface area (Å²) in [5, 5.41) is 8.38. The van der Waals surface area contributed by atoms with Crippen molar-refractivity contribution in [2.45, 2.75) is 37.5 Å². The highest BCUT2D eigenvalue weighted by Gasteiger charge is 2.35. The Labute approximate surface area is 159 Å². The smallest absolute Gasteiger partial charge is 0.265 e. The summed E-state index contributed by atoms with van der Waals surface area (Å²) in [6.45, 7) is 5.00. The molecule has 1 amide bonds. The predicted octanol–water partition coefficient (Wildman–Crippen LogP) is 3.11. The molecule has 0 aliphatic rings. The normalized spacial score (nSPS) is 14.1. The topological polar surface area (TPSA) is 115 Å². The summed E-state index contributed by atoms with van der Waals surface area (Å²) < 4.78 is 27.6. The van der Waals surface area contributed by atoms with Crippen molar-refractivity contribution in [1.29, 1.82) is 0 Å². The van der Waals surface area contributed by atoms with E-state index in [0.717, 1.165) is 11.3 Å². The van der Waals surface area contributed by atoms with Crippen molar-refractivity contribution in [2.75, 3.05) is 4.72 Å². The molecule has 25 heavy (non-hydrogen) atoms. The minimum atomic E-state index is -4.00. The zero-order valence-corrected chi connectivity index (χ0v) is 16.8. The predicted molar refractivity (Wildman–Crippen MR) is 98.8 cm³/mol. The zero-order valence-electron chi connectivity index (χ0n) is 13.6. The third kappa shape index (κ3) is 3.89. The number of nitrogens with two attached hydrogens (primary N) is 1. The highest BCUT2D eigenvalue weighted by atomic mass is 35.5. The first-order valence-corrected chi connectivity index (χ1v) is 10.2. The molecule has 2 rings (SSSR count). The van der Waals surface area contributed by atoms with Crippen molar-refractivity contribution in [2.24, 2.45) is 5.73 Å². The number of primary amides is 1. The van der Waals surface area contributed by atoms with Crippen LogP contribution in [0.5, 0.6) is 0 Å². The molecule has 0 fully saturated rings. The van der Waals surface area contributed by atoms with Gasteiger partial charge in [0, 0.05) is 5.02 Å². The molecule has 1 heterocycles. The largest absolute Gasteiger partial charge is 0.369 e. The van der Waals surface area contributed by atoms with Crippen LogP contribution in [-0.2, 0) is 20.2 Å². The number of rotatable bonds is 6. The molecule has 1 aromatic heterocycles. The third-order valence-corrected chi connectivity index (χ3v) is 7.23. The van der Waals surface area contributed by atoms with Gasteiger partial charge in [-0.1, -0.05) is 41.5 Å². The van der Waals surface area contributed by atoms with Gasteiger partial charge in [-0.3, -0.25) is 9.52 Å². The second kappa shape index (κ2) is 7.06. The maximum atomic E-state index is 12.6. The maximum Gasteiger partial charge on any atom is 0.265 e. The van der Waals surface area contributed by atoms with E-state index in [-0.39, 0.29) is 15.0 Å². The number of carbonyl (C=O) groups excluding carboxylic acids is 1. The van der Waals surface area contributed by atoms with Crippen LogP contribution in [0, 0.1) is 6.92 Å². The molecule has 0 spiro atoms. The number of aryl methyl sites for hydroxylation is 1. The summed E-state index contributed by atoms with van der Waals surface area (Å²) >= 11 is 12.8. The van der Waals surface area contributed by atoms with Crippen LogP contribution in [0.1, 0.15) is 30.8 Å². The van der Waals surface area contributed by atoms with Gasteiger partial charge in [-0.2, -0.15) is 0 Å². The lowest BCUT2D eigenvalue weighted by molar-refractivity contribution is -0.123. The number of halogens is 2. The van der Waals surface area contributed by atoms with Crippen LogP contribution in [-0.4, -0.2) is 24.5 Å². The van der Waals surface area contributed by atoms with Crippen LogP contribution in [0.15, 0.2) is 17.0 Å². The fourth-order valence-corrected chi connectivity index (χ4v) is 5.50. The van der Waals surface area contributed by atoms with E-state index in [9.17, 15) is 13.2 Å². The number of hydrogen-bond donors (Lipinski definition) is 2. The number of hydrogen-bond acceptors (Lipinski definition) is 6. The summed E-state index contributed by atoms with van der Waals surface area (Å²) in [6.07, 6.45) is 0.409. The van der Waals surface area contributed by atoms with Gasteiger partial charge in [0.15, 0.2) is 0 Å². The van der Waals surface area contributed by atoms with Gasteiger partial charge in [0.05, 0.1) is 10.4 Å². The second-order valence-corrected chi connectivity index (χ2v) is 9.04. The summed E-state index contributed by atoms with van der Waals surface area (Å²) in [6, 6.07) is 2.84. The Morgan fingerprint density at radius 1 is 1.36 bits per heavy atom. The Kier molecular flexibility index (Phi) is 5.62. The summed E-state index contributed by atoms with van der Waals surface area (Å²) in [4.78, 5) is 11.6. The van der Waals surface area contributed by atoms with Crippen LogP contribution in [0.25, 0.3) is 0 Å². The quantitative estimate of drug-likeness (QED) is 0.741. The van der Waals surface area contributed by atoms with E-state index in [4.69, 9.17) is 28.9 Å². The standard InChI is InChI=1S/C14H16Cl2N4O3S2/c1-4-14(3,11(17)21)12-18-19-13(24-12)20-25(22,23)10-7(2)5-8(15)6-9(10)16/h5-6H,4H2,1-3H3,(H2,17,21)(H,19,20). The third-order valence-electron chi connectivity index (χ3n) is 3.83. The second-order valence-electron chi connectivity index (χ2n) is 5.60. The Morgan fingerprint density at radius 3 is 2.52 bits per heavy atom. The number of sulfonamides is 1. The SMILES string of the molecule is CCC(C)(C(N)=O)c1nnc(NS(=O)(=O)c2c(C)cc(Cl)cc2Cl)s1. The van der Waals surface area contributed by atoms with Gasteiger partial charge in [0.2, 0.25) is 11.0 Å². The molecule has 7 nitrogen and oxygen atoms in total. The van der Waals surface area contributed by atoms with Crippen molar-refractivity contribution in [3.8, 4) is 0 Å². The first-order valence-electron chi connectivity index (χ1n) is 7.13. The van der Waals surface area contributed by atoms with Crippen LogP contribution in [0.4, 0.5) is 5.13 Å². The van der Waals surface area contributed by atoms with Gasteiger partial charge >= 0.3 is 0 Å².